The van der Waals surface area contributed by atoms with Gasteiger partial charge < -0.3 is 10.1 Å². The smallest absolute Gasteiger partial charge is 0.339 e. The number of amides is 3. The monoisotopic (exact) mass is 314 g/mol. The van der Waals surface area contributed by atoms with Crippen molar-refractivity contribution in [2.45, 2.75) is 20.0 Å². The average Bonchev–Trinajstić information content (AvgIpc) is 2.54. The van der Waals surface area contributed by atoms with Gasteiger partial charge in [0.25, 0.3) is 5.91 Å². The number of ether oxygens (including phenoxy) is 1. The highest BCUT2D eigenvalue weighted by Gasteiger charge is 2.21. The van der Waals surface area contributed by atoms with Crippen molar-refractivity contribution >= 4 is 28.7 Å². The van der Waals surface area contributed by atoms with Crippen LogP contribution < -0.4 is 10.6 Å². The van der Waals surface area contributed by atoms with E-state index in [0.29, 0.717) is 12.1 Å². The first-order valence-corrected chi connectivity index (χ1v) is 7.30. The van der Waals surface area contributed by atoms with Gasteiger partial charge in [-0.1, -0.05) is 36.4 Å². The van der Waals surface area contributed by atoms with E-state index in [2.05, 4.69) is 10.6 Å². The molecule has 120 valence electrons. The Hall–Kier alpha value is -2.89. The summed E-state index contributed by atoms with van der Waals surface area (Å²) in [7, 11) is 0. The number of hydrogen-bond acceptors (Lipinski definition) is 4. The molecular weight excluding hydrogens is 296 g/mol. The molecule has 0 saturated heterocycles. The SMILES string of the molecule is CCNC(=O)NC(=O)[C@@H](C)OC(=O)c1cccc2ccccc12. The summed E-state index contributed by atoms with van der Waals surface area (Å²) in [4.78, 5) is 35.4. The van der Waals surface area contributed by atoms with Crippen LogP contribution >= 0.6 is 0 Å². The van der Waals surface area contributed by atoms with E-state index in [1.54, 1.807) is 19.1 Å². The van der Waals surface area contributed by atoms with Crippen molar-refractivity contribution in [3.8, 4) is 0 Å². The Bertz CT molecular complexity index is 737. The molecule has 0 aromatic heterocycles. The number of fused-ring (bicyclic) bond motifs is 1. The Labute approximate surface area is 133 Å². The van der Waals surface area contributed by atoms with Crippen LogP contribution in [0, 0.1) is 0 Å². The molecule has 0 saturated carbocycles. The number of imide groups is 1. The van der Waals surface area contributed by atoms with Crippen molar-refractivity contribution in [1.82, 2.24) is 10.6 Å². The van der Waals surface area contributed by atoms with Crippen molar-refractivity contribution < 1.29 is 19.1 Å². The molecular formula is C17H18N2O4. The third-order valence-electron chi connectivity index (χ3n) is 3.24. The number of hydrogen-bond donors (Lipinski definition) is 2. The van der Waals surface area contributed by atoms with Crippen molar-refractivity contribution in [2.75, 3.05) is 6.54 Å². The standard InChI is InChI=1S/C17H18N2O4/c1-3-18-17(22)19-15(20)11(2)23-16(21)14-10-6-8-12-7-4-5-9-13(12)14/h4-11H,3H2,1-2H3,(H2,18,19,20,22)/t11-/m1/s1. The van der Waals surface area contributed by atoms with Crippen LogP contribution in [0.2, 0.25) is 0 Å². The van der Waals surface area contributed by atoms with Gasteiger partial charge in [-0.2, -0.15) is 0 Å². The van der Waals surface area contributed by atoms with Crippen LogP contribution in [0.1, 0.15) is 24.2 Å². The number of carbonyl (C=O) groups excluding carboxylic acids is 3. The third kappa shape index (κ3) is 4.06. The molecule has 3 amide bonds. The molecule has 2 aromatic carbocycles. The van der Waals surface area contributed by atoms with Gasteiger partial charge in [-0.3, -0.25) is 10.1 Å². The second-order valence-corrected chi connectivity index (χ2v) is 4.92. The van der Waals surface area contributed by atoms with Gasteiger partial charge in [-0.15, -0.1) is 0 Å². The van der Waals surface area contributed by atoms with Gasteiger partial charge in [0.15, 0.2) is 6.10 Å². The third-order valence-corrected chi connectivity index (χ3v) is 3.24. The van der Waals surface area contributed by atoms with Gasteiger partial charge in [0.2, 0.25) is 0 Å². The highest BCUT2D eigenvalue weighted by atomic mass is 16.5. The summed E-state index contributed by atoms with van der Waals surface area (Å²) in [6.45, 7) is 3.54. The zero-order valence-corrected chi connectivity index (χ0v) is 13.0. The molecule has 0 bridgehead atoms. The maximum Gasteiger partial charge on any atom is 0.339 e. The van der Waals surface area contributed by atoms with Gasteiger partial charge in [-0.05, 0) is 30.7 Å². The largest absolute Gasteiger partial charge is 0.449 e. The molecule has 0 unspecified atom stereocenters. The Morgan fingerprint density at radius 1 is 1.09 bits per heavy atom. The number of esters is 1. The van der Waals surface area contributed by atoms with E-state index in [-0.39, 0.29) is 0 Å². The second-order valence-electron chi connectivity index (χ2n) is 4.92. The van der Waals surface area contributed by atoms with E-state index in [9.17, 15) is 14.4 Å². The summed E-state index contributed by atoms with van der Waals surface area (Å²) in [6, 6.07) is 12.0. The number of nitrogens with one attached hydrogen (secondary N) is 2. The predicted octanol–water partition coefficient (Wildman–Crippen LogP) is 2.23. The van der Waals surface area contributed by atoms with Crippen molar-refractivity contribution in [2.24, 2.45) is 0 Å². The minimum absolute atomic E-state index is 0.376. The first kappa shape index (κ1) is 16.5. The van der Waals surface area contributed by atoms with Crippen LogP contribution in [-0.4, -0.2) is 30.6 Å². The molecule has 0 spiro atoms. The highest BCUT2D eigenvalue weighted by molar-refractivity contribution is 6.05. The fraction of sp³-hybridized carbons (Fsp3) is 0.235. The number of carbonyl (C=O) groups is 3. The Morgan fingerprint density at radius 3 is 2.52 bits per heavy atom. The van der Waals surface area contributed by atoms with Gasteiger partial charge in [0.1, 0.15) is 0 Å². The number of rotatable bonds is 4. The lowest BCUT2D eigenvalue weighted by molar-refractivity contribution is -0.127. The van der Waals surface area contributed by atoms with E-state index >= 15 is 0 Å². The summed E-state index contributed by atoms with van der Waals surface area (Å²) in [6.07, 6.45) is -1.08. The van der Waals surface area contributed by atoms with Crippen LogP contribution in [0.4, 0.5) is 4.79 Å². The van der Waals surface area contributed by atoms with Crippen LogP contribution in [-0.2, 0) is 9.53 Å². The van der Waals surface area contributed by atoms with Crippen LogP contribution in [0.25, 0.3) is 10.8 Å². The van der Waals surface area contributed by atoms with Gasteiger partial charge in [0, 0.05) is 6.54 Å². The number of urea groups is 1. The van der Waals surface area contributed by atoms with Crippen LogP contribution in [0.3, 0.4) is 0 Å². The summed E-state index contributed by atoms with van der Waals surface area (Å²) in [5.41, 5.74) is 0.376. The van der Waals surface area contributed by atoms with Gasteiger partial charge >= 0.3 is 12.0 Å². The van der Waals surface area contributed by atoms with E-state index < -0.39 is 24.0 Å². The number of benzene rings is 2. The molecule has 0 aliphatic carbocycles. The maximum absolute atomic E-state index is 12.3. The van der Waals surface area contributed by atoms with Crippen LogP contribution in [0.5, 0.6) is 0 Å². The normalized spacial score (nSPS) is 11.6. The van der Waals surface area contributed by atoms with Crippen molar-refractivity contribution in [1.29, 1.82) is 0 Å². The maximum atomic E-state index is 12.3. The van der Waals surface area contributed by atoms with E-state index in [1.165, 1.54) is 6.92 Å². The molecule has 0 aliphatic rings. The second kappa shape index (κ2) is 7.40. The first-order chi connectivity index (χ1) is 11.0. The molecule has 6 heteroatoms. The summed E-state index contributed by atoms with van der Waals surface area (Å²) >= 11 is 0. The zero-order chi connectivity index (χ0) is 16.8. The van der Waals surface area contributed by atoms with E-state index in [4.69, 9.17) is 4.74 Å². The lowest BCUT2D eigenvalue weighted by Gasteiger charge is -2.14. The quantitative estimate of drug-likeness (QED) is 0.848. The highest BCUT2D eigenvalue weighted by Crippen LogP contribution is 2.19. The minimum atomic E-state index is -1.08. The average molecular weight is 314 g/mol. The molecule has 6 nitrogen and oxygen atoms in total. The molecule has 2 aromatic rings. The first-order valence-electron chi connectivity index (χ1n) is 7.30. The summed E-state index contributed by atoms with van der Waals surface area (Å²) in [5.74, 6) is -1.29. The Morgan fingerprint density at radius 2 is 1.78 bits per heavy atom. The lowest BCUT2D eigenvalue weighted by atomic mass is 10.0. The Kier molecular flexibility index (Phi) is 5.30. The van der Waals surface area contributed by atoms with E-state index in [1.807, 2.05) is 30.3 Å². The minimum Gasteiger partial charge on any atom is -0.449 e. The van der Waals surface area contributed by atoms with Gasteiger partial charge in [-0.25, -0.2) is 9.59 Å². The Balaban J connectivity index is 2.08. The van der Waals surface area contributed by atoms with Crippen LogP contribution in [0.15, 0.2) is 42.5 Å². The molecule has 0 aliphatic heterocycles. The molecule has 0 radical (unpaired) electrons. The van der Waals surface area contributed by atoms with E-state index in [0.717, 1.165) is 10.8 Å². The molecule has 23 heavy (non-hydrogen) atoms. The molecule has 2 N–H and O–H groups in total. The lowest BCUT2D eigenvalue weighted by Crippen LogP contribution is -2.44. The zero-order valence-electron chi connectivity index (χ0n) is 13.0. The molecule has 1 atom stereocenters. The van der Waals surface area contributed by atoms with Gasteiger partial charge in [0.05, 0.1) is 5.56 Å². The van der Waals surface area contributed by atoms with Crippen molar-refractivity contribution in [3.63, 3.8) is 0 Å². The summed E-state index contributed by atoms with van der Waals surface area (Å²) in [5, 5.41) is 6.19. The molecule has 2 rings (SSSR count). The fourth-order valence-electron chi connectivity index (χ4n) is 2.10. The fourth-order valence-corrected chi connectivity index (χ4v) is 2.10. The molecule has 0 fully saturated rings. The predicted molar refractivity (Wildman–Crippen MR) is 86.0 cm³/mol. The van der Waals surface area contributed by atoms with Crippen molar-refractivity contribution in [3.05, 3.63) is 48.0 Å². The molecule has 0 heterocycles. The topological polar surface area (TPSA) is 84.5 Å². The summed E-state index contributed by atoms with van der Waals surface area (Å²) < 4.78 is 5.15.